The van der Waals surface area contributed by atoms with Crippen molar-refractivity contribution >= 4 is 23.1 Å². The quantitative estimate of drug-likeness (QED) is 0.225. The fourth-order valence-electron chi connectivity index (χ4n) is 0.943. The van der Waals surface area contributed by atoms with Gasteiger partial charge in [0, 0.05) is 0 Å². The van der Waals surface area contributed by atoms with E-state index in [9.17, 15) is 4.79 Å². The van der Waals surface area contributed by atoms with Crippen LogP contribution in [0.4, 0.5) is 5.69 Å². The molecule has 0 unspecified atom stereocenters. The zero-order chi connectivity index (χ0) is 13.5. The fourth-order valence-corrected chi connectivity index (χ4v) is 1.12. The van der Waals surface area contributed by atoms with E-state index < -0.39 is 17.2 Å². The number of azo groups is 1. The second kappa shape index (κ2) is 6.14. The lowest BCUT2D eigenvalue weighted by atomic mass is 10.3. The van der Waals surface area contributed by atoms with Gasteiger partial charge in [0.15, 0.2) is 5.70 Å². The maximum Gasteiger partial charge on any atom is 0.286 e. The largest absolute Gasteiger partial charge is 0.498 e. The number of hydrogen-bond donors (Lipinski definition) is 1. The molecule has 18 heavy (non-hydrogen) atoms. The van der Waals surface area contributed by atoms with Gasteiger partial charge in [-0.2, -0.15) is 10.5 Å². The standard InChI is InChI=1S/C11H5ClN4O2/c12-7-3-1-2-4-8(7)15-16-11(9(17)5-13)10(18)6-14/h1-4,17H/b11-9-,16-15?. The average molecular weight is 261 g/mol. The average Bonchev–Trinajstić information content (AvgIpc) is 2.40. The van der Waals surface area contributed by atoms with E-state index in [0.29, 0.717) is 0 Å². The van der Waals surface area contributed by atoms with Crippen LogP contribution in [0.25, 0.3) is 0 Å². The van der Waals surface area contributed by atoms with E-state index in [1.54, 1.807) is 18.2 Å². The van der Waals surface area contributed by atoms with E-state index in [2.05, 4.69) is 10.2 Å². The molecular formula is C11H5ClN4O2. The van der Waals surface area contributed by atoms with Crippen LogP contribution in [0.2, 0.25) is 5.02 Å². The minimum Gasteiger partial charge on any atom is -0.498 e. The molecule has 0 aliphatic carbocycles. The van der Waals surface area contributed by atoms with Gasteiger partial charge in [-0.25, -0.2) is 0 Å². The molecule has 0 aliphatic heterocycles. The molecule has 0 fully saturated rings. The Morgan fingerprint density at radius 3 is 2.50 bits per heavy atom. The Balaban J connectivity index is 3.16. The number of aliphatic hydroxyl groups is 1. The fraction of sp³-hybridized carbons (Fsp3) is 0. The lowest BCUT2D eigenvalue weighted by Gasteiger charge is -1.96. The van der Waals surface area contributed by atoms with Gasteiger partial charge in [-0.1, -0.05) is 23.7 Å². The summed E-state index contributed by atoms with van der Waals surface area (Å²) in [7, 11) is 0. The van der Waals surface area contributed by atoms with Crippen molar-refractivity contribution in [3.8, 4) is 12.1 Å². The van der Waals surface area contributed by atoms with Crippen molar-refractivity contribution < 1.29 is 9.90 Å². The monoisotopic (exact) mass is 260 g/mol. The van der Waals surface area contributed by atoms with Crippen LogP contribution in [0, 0.1) is 22.7 Å². The van der Waals surface area contributed by atoms with E-state index in [0.717, 1.165) is 0 Å². The Bertz CT molecular complexity index is 623. The summed E-state index contributed by atoms with van der Waals surface area (Å²) in [6.07, 6.45) is 0. The van der Waals surface area contributed by atoms with Crippen LogP contribution in [0.3, 0.4) is 0 Å². The van der Waals surface area contributed by atoms with E-state index in [1.807, 2.05) is 0 Å². The molecule has 0 spiro atoms. The van der Waals surface area contributed by atoms with Crippen molar-refractivity contribution in [3.05, 3.63) is 40.7 Å². The summed E-state index contributed by atoms with van der Waals surface area (Å²) < 4.78 is 0. The van der Waals surface area contributed by atoms with E-state index in [4.69, 9.17) is 27.2 Å². The second-order valence-electron chi connectivity index (χ2n) is 2.90. The molecule has 1 N–H and O–H groups in total. The molecule has 7 heteroatoms. The highest BCUT2D eigenvalue weighted by Gasteiger charge is 2.14. The van der Waals surface area contributed by atoms with Crippen LogP contribution in [-0.2, 0) is 4.79 Å². The van der Waals surface area contributed by atoms with Crippen LogP contribution in [0.15, 0.2) is 46.0 Å². The zero-order valence-corrected chi connectivity index (χ0v) is 9.59. The topological polar surface area (TPSA) is 110 Å². The number of ketones is 1. The molecule has 0 aromatic heterocycles. The van der Waals surface area contributed by atoms with E-state index in [-0.39, 0.29) is 10.7 Å². The predicted octanol–water partition coefficient (Wildman–Crippen LogP) is 2.81. The Labute approximate surface area is 107 Å². The Hall–Kier alpha value is -2.70. The molecule has 1 aromatic rings. The normalized spacial score (nSPS) is 11.5. The van der Waals surface area contributed by atoms with Crippen molar-refractivity contribution in [2.75, 3.05) is 0 Å². The highest BCUT2D eigenvalue weighted by Crippen LogP contribution is 2.24. The van der Waals surface area contributed by atoms with Crippen LogP contribution < -0.4 is 0 Å². The molecular weight excluding hydrogens is 256 g/mol. The number of allylic oxidation sites excluding steroid dienone is 2. The van der Waals surface area contributed by atoms with Crippen molar-refractivity contribution in [2.45, 2.75) is 0 Å². The lowest BCUT2D eigenvalue weighted by Crippen LogP contribution is -1.99. The summed E-state index contributed by atoms with van der Waals surface area (Å²) in [5.74, 6) is -2.14. The number of benzene rings is 1. The molecule has 6 nitrogen and oxygen atoms in total. The molecule has 0 aliphatic rings. The summed E-state index contributed by atoms with van der Waals surface area (Å²) in [5.41, 5.74) is -0.479. The van der Waals surface area contributed by atoms with Gasteiger partial charge in [0.25, 0.3) is 5.78 Å². The first-order valence-corrected chi connectivity index (χ1v) is 4.92. The number of carbonyl (C=O) groups excluding carboxylic acids is 1. The summed E-state index contributed by atoms with van der Waals surface area (Å²) in [5, 5.41) is 33.2. The highest BCUT2D eigenvalue weighted by molar-refractivity contribution is 6.32. The molecule has 0 saturated carbocycles. The molecule has 0 heterocycles. The third-order valence-electron chi connectivity index (χ3n) is 1.76. The van der Waals surface area contributed by atoms with Crippen molar-refractivity contribution in [1.82, 2.24) is 0 Å². The highest BCUT2D eigenvalue weighted by atomic mass is 35.5. The van der Waals surface area contributed by atoms with Gasteiger partial charge in [-0.3, -0.25) is 4.79 Å². The summed E-state index contributed by atoms with van der Waals surface area (Å²) in [6, 6.07) is 8.92. The number of aliphatic hydroxyl groups excluding tert-OH is 1. The van der Waals surface area contributed by atoms with Crippen LogP contribution in [-0.4, -0.2) is 10.9 Å². The molecule has 0 saturated heterocycles. The second-order valence-corrected chi connectivity index (χ2v) is 3.31. The first-order valence-electron chi connectivity index (χ1n) is 4.54. The van der Waals surface area contributed by atoms with Gasteiger partial charge in [-0.15, -0.1) is 10.2 Å². The van der Waals surface area contributed by atoms with Gasteiger partial charge in [0.2, 0.25) is 5.76 Å². The van der Waals surface area contributed by atoms with Crippen LogP contribution in [0.1, 0.15) is 0 Å². The first-order chi connectivity index (χ1) is 8.60. The molecule has 0 amide bonds. The Morgan fingerprint density at radius 1 is 1.28 bits per heavy atom. The maximum atomic E-state index is 11.1. The van der Waals surface area contributed by atoms with Gasteiger partial charge >= 0.3 is 0 Å². The SMILES string of the molecule is N#CC(=O)/C(N=Nc1ccccc1Cl)=C(/O)C#N. The first kappa shape index (κ1) is 13.4. The number of rotatable bonds is 3. The van der Waals surface area contributed by atoms with Crippen molar-refractivity contribution in [1.29, 1.82) is 10.5 Å². The molecule has 1 aromatic carbocycles. The minimum absolute atomic E-state index is 0.244. The van der Waals surface area contributed by atoms with Crippen LogP contribution >= 0.6 is 11.6 Å². The number of Topliss-reactive ketones (excluding diaryl/α,β-unsaturated/α-hetero) is 1. The van der Waals surface area contributed by atoms with E-state index in [1.165, 1.54) is 18.2 Å². The molecule has 0 atom stereocenters. The minimum atomic E-state index is -1.16. The summed E-state index contributed by atoms with van der Waals surface area (Å²) in [6.45, 7) is 0. The third kappa shape index (κ3) is 3.14. The van der Waals surface area contributed by atoms with Gasteiger partial charge in [0.1, 0.15) is 17.8 Å². The van der Waals surface area contributed by atoms with Gasteiger partial charge in [-0.05, 0) is 12.1 Å². The number of halogens is 1. The summed E-state index contributed by atoms with van der Waals surface area (Å²) in [4.78, 5) is 11.1. The van der Waals surface area contributed by atoms with Crippen LogP contribution in [0.5, 0.6) is 0 Å². The molecule has 1 rings (SSSR count). The number of hydrogen-bond acceptors (Lipinski definition) is 6. The van der Waals surface area contributed by atoms with Gasteiger partial charge < -0.3 is 5.11 Å². The predicted molar refractivity (Wildman–Crippen MR) is 61.9 cm³/mol. The maximum absolute atomic E-state index is 11.1. The van der Waals surface area contributed by atoms with Crippen molar-refractivity contribution in [2.24, 2.45) is 10.2 Å². The lowest BCUT2D eigenvalue weighted by molar-refractivity contribution is -0.110. The van der Waals surface area contributed by atoms with Gasteiger partial charge in [0.05, 0.1) is 5.02 Å². The number of nitrogens with zero attached hydrogens (tertiary/aromatic N) is 4. The zero-order valence-electron chi connectivity index (χ0n) is 8.83. The Morgan fingerprint density at radius 2 is 1.94 bits per heavy atom. The van der Waals surface area contributed by atoms with E-state index >= 15 is 0 Å². The third-order valence-corrected chi connectivity index (χ3v) is 2.08. The summed E-state index contributed by atoms with van der Waals surface area (Å²) >= 11 is 5.79. The molecule has 0 radical (unpaired) electrons. The number of nitriles is 2. The Kier molecular flexibility index (Phi) is 4.56. The molecule has 88 valence electrons. The smallest absolute Gasteiger partial charge is 0.286 e. The molecule has 0 bridgehead atoms. The number of carbonyl (C=O) groups is 1. The van der Waals surface area contributed by atoms with Crippen molar-refractivity contribution in [3.63, 3.8) is 0 Å².